The van der Waals surface area contributed by atoms with Gasteiger partial charge in [-0.15, -0.1) is 5.10 Å². The van der Waals surface area contributed by atoms with Crippen LogP contribution in [0.5, 0.6) is 0 Å². The summed E-state index contributed by atoms with van der Waals surface area (Å²) in [5.74, 6) is -0.862. The number of amides is 3. The van der Waals surface area contributed by atoms with E-state index in [0.29, 0.717) is 54.6 Å². The molecule has 2 aromatic heterocycles. The molecule has 4 N–H and O–H groups in total. The molecule has 0 bridgehead atoms. The zero-order valence-corrected chi connectivity index (χ0v) is 28.6. The summed E-state index contributed by atoms with van der Waals surface area (Å²) in [6.45, 7) is -0.305. The van der Waals surface area contributed by atoms with Crippen molar-refractivity contribution in [1.29, 1.82) is 0 Å². The second kappa shape index (κ2) is 14.8. The molecule has 3 heterocycles. The van der Waals surface area contributed by atoms with Crippen LogP contribution in [0.4, 0.5) is 14.9 Å². The molecule has 3 fully saturated rings. The van der Waals surface area contributed by atoms with Gasteiger partial charge in [-0.3, -0.25) is 14.4 Å². The number of carboxylic acid groups (broad SMARTS) is 1. The molecule has 1 aliphatic heterocycles. The van der Waals surface area contributed by atoms with Crippen molar-refractivity contribution in [2.24, 2.45) is 23.7 Å². The van der Waals surface area contributed by atoms with Gasteiger partial charge < -0.3 is 30.4 Å². The van der Waals surface area contributed by atoms with E-state index in [2.05, 4.69) is 25.9 Å². The molecular formula is C37H44FN7O6. The third-order valence-corrected chi connectivity index (χ3v) is 11.5. The molecule has 7 rings (SSSR count). The number of ether oxygens (including phenoxy) is 1. The minimum Gasteiger partial charge on any atom is -0.465 e. The summed E-state index contributed by atoms with van der Waals surface area (Å²) in [6.07, 6.45) is 5.48. The first-order valence-electron chi connectivity index (χ1n) is 17.9. The van der Waals surface area contributed by atoms with Gasteiger partial charge in [0.15, 0.2) is 0 Å². The number of aromatic amines is 1. The molecule has 2 saturated carbocycles. The van der Waals surface area contributed by atoms with E-state index in [1.807, 2.05) is 24.3 Å². The second-order valence-electron chi connectivity index (χ2n) is 14.3. The molecule has 14 heteroatoms. The van der Waals surface area contributed by atoms with Crippen LogP contribution in [0.25, 0.3) is 21.9 Å². The largest absolute Gasteiger partial charge is 0.465 e. The van der Waals surface area contributed by atoms with Crippen LogP contribution in [0, 0.1) is 23.7 Å². The van der Waals surface area contributed by atoms with Crippen molar-refractivity contribution >= 4 is 51.4 Å². The van der Waals surface area contributed by atoms with Crippen LogP contribution < -0.4 is 10.6 Å². The topological polar surface area (TPSA) is 172 Å². The number of anilines is 1. The number of aromatic nitrogens is 4. The molecule has 3 aliphatic rings. The van der Waals surface area contributed by atoms with Crippen LogP contribution in [0.15, 0.2) is 48.5 Å². The highest BCUT2D eigenvalue weighted by molar-refractivity contribution is 6.04. The zero-order chi connectivity index (χ0) is 35.6. The molecule has 270 valence electrons. The smallest absolute Gasteiger partial charge is 0.404 e. The summed E-state index contributed by atoms with van der Waals surface area (Å²) in [4.78, 5) is 57.9. The first kappa shape index (κ1) is 34.6. The summed E-state index contributed by atoms with van der Waals surface area (Å²) in [5.41, 5.74) is 2.82. The summed E-state index contributed by atoms with van der Waals surface area (Å²) in [5, 5.41) is 23.4. The summed E-state index contributed by atoms with van der Waals surface area (Å²) in [7, 11) is 1.73. The van der Waals surface area contributed by atoms with E-state index in [1.54, 1.807) is 36.3 Å². The molecule has 51 heavy (non-hydrogen) atoms. The lowest BCUT2D eigenvalue weighted by Crippen LogP contribution is -2.50. The fraction of sp³-hybridized carbons (Fsp3) is 0.514. The number of fused-ring (bicyclic) bond motifs is 2. The second-order valence-corrected chi connectivity index (χ2v) is 14.3. The van der Waals surface area contributed by atoms with Gasteiger partial charge >= 0.3 is 6.09 Å². The quantitative estimate of drug-likeness (QED) is 0.180. The van der Waals surface area contributed by atoms with Crippen LogP contribution in [-0.4, -0.2) is 92.3 Å². The average molecular weight is 702 g/mol. The Bertz CT molecular complexity index is 1910. The maximum absolute atomic E-state index is 14.3. The van der Waals surface area contributed by atoms with E-state index < -0.39 is 24.9 Å². The van der Waals surface area contributed by atoms with Crippen molar-refractivity contribution in [2.75, 3.05) is 25.6 Å². The summed E-state index contributed by atoms with van der Waals surface area (Å²) in [6, 6.07) is 12.9. The van der Waals surface area contributed by atoms with Gasteiger partial charge in [-0.25, -0.2) is 9.18 Å². The zero-order valence-electron chi connectivity index (χ0n) is 28.6. The predicted molar refractivity (Wildman–Crippen MR) is 187 cm³/mol. The van der Waals surface area contributed by atoms with Gasteiger partial charge in [0.1, 0.15) is 23.9 Å². The first-order chi connectivity index (χ1) is 24.7. The average Bonchev–Trinajstić information content (AvgIpc) is 3.90. The van der Waals surface area contributed by atoms with Crippen LogP contribution >= 0.6 is 0 Å². The number of para-hydroxylation sites is 1. The fourth-order valence-electron chi connectivity index (χ4n) is 8.76. The fourth-order valence-corrected chi connectivity index (χ4v) is 8.76. The van der Waals surface area contributed by atoms with E-state index in [4.69, 9.17) is 9.84 Å². The van der Waals surface area contributed by atoms with Crippen molar-refractivity contribution in [2.45, 2.75) is 76.0 Å². The van der Waals surface area contributed by atoms with Gasteiger partial charge in [0.05, 0.1) is 17.7 Å². The molecule has 3 amide bonds. The lowest BCUT2D eigenvalue weighted by molar-refractivity contribution is -0.142. The number of hydrogen-bond acceptors (Lipinski definition) is 7. The molecular weight excluding hydrogens is 657 g/mol. The van der Waals surface area contributed by atoms with Crippen LogP contribution in [0.2, 0.25) is 0 Å². The summed E-state index contributed by atoms with van der Waals surface area (Å²) < 4.78 is 20.5. The monoisotopic (exact) mass is 701 g/mol. The van der Waals surface area contributed by atoms with E-state index >= 15 is 0 Å². The maximum atomic E-state index is 14.3. The molecule has 1 saturated heterocycles. The Hall–Kier alpha value is -4.85. The van der Waals surface area contributed by atoms with E-state index in [-0.39, 0.29) is 47.5 Å². The van der Waals surface area contributed by atoms with Crippen LogP contribution in [0.1, 0.15) is 68.3 Å². The summed E-state index contributed by atoms with van der Waals surface area (Å²) >= 11 is 0. The Morgan fingerprint density at radius 2 is 1.76 bits per heavy atom. The number of carbonyl (C=O) groups is 4. The van der Waals surface area contributed by atoms with E-state index in [9.17, 15) is 23.6 Å². The first-order valence-corrected chi connectivity index (χ1v) is 17.9. The molecule has 0 radical (unpaired) electrons. The van der Waals surface area contributed by atoms with E-state index in [0.717, 1.165) is 43.0 Å². The molecule has 0 spiro atoms. The van der Waals surface area contributed by atoms with Gasteiger partial charge in [0.2, 0.25) is 11.8 Å². The van der Waals surface area contributed by atoms with Gasteiger partial charge in [-0.2, -0.15) is 4.68 Å². The number of methoxy groups -OCH3 is 1. The Labute approximate surface area is 294 Å². The third kappa shape index (κ3) is 7.06. The lowest BCUT2D eigenvalue weighted by Gasteiger charge is -2.37. The van der Waals surface area contributed by atoms with Crippen molar-refractivity contribution in [3.8, 4) is 0 Å². The van der Waals surface area contributed by atoms with Gasteiger partial charge in [0.25, 0.3) is 5.91 Å². The SMILES string of the molecule is CO[C@H]1CC[C@H]([C@@H]2CCN(C(=O)[C@H]3CC[C@H]([C@@H](CF)NC(=O)O)CC3)[C@@H]2C(=O)Nc2ccc3[nH]c(C(=O)n4nnc5ccccc54)cc3c2)CC1. The number of likely N-dealkylation sites (tertiary alicyclic amines) is 1. The van der Waals surface area contributed by atoms with Crippen LogP contribution in [0.3, 0.4) is 0 Å². The van der Waals surface area contributed by atoms with Crippen molar-refractivity contribution < 1.29 is 33.4 Å². The van der Waals surface area contributed by atoms with Gasteiger partial charge in [-0.05, 0) is 112 Å². The Morgan fingerprint density at radius 3 is 2.49 bits per heavy atom. The Kier molecular flexibility index (Phi) is 10.0. The van der Waals surface area contributed by atoms with Crippen molar-refractivity contribution in [1.82, 2.24) is 30.2 Å². The number of nitrogens with zero attached hydrogens (tertiary/aromatic N) is 4. The number of hydrogen-bond donors (Lipinski definition) is 4. The molecule has 0 unspecified atom stereocenters. The number of halogens is 1. The van der Waals surface area contributed by atoms with Crippen LogP contribution in [-0.2, 0) is 14.3 Å². The van der Waals surface area contributed by atoms with Gasteiger partial charge in [-0.1, -0.05) is 17.3 Å². The van der Waals surface area contributed by atoms with Gasteiger partial charge in [0, 0.05) is 36.2 Å². The number of alkyl halides is 1. The number of rotatable bonds is 9. The number of carbonyl (C=O) groups excluding carboxylic acids is 3. The molecule has 2 aromatic carbocycles. The molecule has 2 aliphatic carbocycles. The van der Waals surface area contributed by atoms with Crippen molar-refractivity contribution in [3.63, 3.8) is 0 Å². The third-order valence-electron chi connectivity index (χ3n) is 11.5. The number of nitrogens with one attached hydrogen (secondary N) is 3. The Balaban J connectivity index is 1.08. The maximum Gasteiger partial charge on any atom is 0.404 e. The highest BCUT2D eigenvalue weighted by Crippen LogP contribution is 2.42. The van der Waals surface area contributed by atoms with E-state index in [1.165, 1.54) is 4.68 Å². The van der Waals surface area contributed by atoms with Crippen molar-refractivity contribution in [3.05, 3.63) is 54.2 Å². The molecule has 4 aromatic rings. The highest BCUT2D eigenvalue weighted by Gasteiger charge is 2.47. The molecule has 3 atom stereocenters. The minimum atomic E-state index is -1.25. The highest BCUT2D eigenvalue weighted by atomic mass is 19.1. The lowest BCUT2D eigenvalue weighted by atomic mass is 9.75. The molecule has 13 nitrogen and oxygen atoms in total. The normalized spacial score (nSPS) is 25.9. The number of benzene rings is 2. The minimum absolute atomic E-state index is 0.00324. The Morgan fingerprint density at radius 1 is 1.00 bits per heavy atom. The number of H-pyrrole nitrogens is 1. The standard InChI is InChI=1S/C37H44FN7O6/c1-51-26-13-10-21(11-14-26)27-16-17-44(35(47)23-8-6-22(7-9-23)31(20-38)41-37(49)50)33(27)34(46)39-25-12-15-28-24(18-25)19-30(40-28)36(48)45-32-5-3-2-4-29(32)42-43-45/h2-5,12,15,18-19,21-23,26-27,31,33,40-41H,6-11,13-14,16-17,20H2,1H3,(H,39,46)(H,49,50)/t21-,22-,23-,26-,27-,31+,33-/m0/s1. The predicted octanol–water partition coefficient (Wildman–Crippen LogP) is 5.37.